The standard InChI is InChI=1S/20CH4/h20*1H4/i16*1T;;;;. The molecule has 0 atom stereocenters. The highest BCUT2D eigenvalue weighted by Gasteiger charge is -0.0586. The molecule has 0 heterocycles. The van der Waals surface area contributed by atoms with Gasteiger partial charge in [-0.1, -0.05) is 148 Å². The molecule has 0 nitrogen and oxygen atoms in total. The Kier molecular flexibility index (Phi) is 0. The molecule has 0 rings (SSSR count). The molecule has 0 heteroatoms. The minimum absolute atomic E-state index is 0. The van der Waals surface area contributed by atoms with E-state index in [1.54, 1.807) is 0 Å². The maximum absolute atomic E-state index is 5.75. The fourth-order valence-electron chi connectivity index (χ4n) is 0. The highest BCUT2D eigenvalue weighted by molar-refractivity contribution is 2.52. The van der Waals surface area contributed by atoms with Gasteiger partial charge in [0.1, 0.15) is 0 Å². The molecule has 20 heavy (non-hydrogen) atoms. The van der Waals surface area contributed by atoms with E-state index < -0.39 is 0 Å². The zero-order chi connectivity index (χ0) is 32.0. The van der Waals surface area contributed by atoms with Crippen LogP contribution in [0.5, 0.6) is 0 Å². The van der Waals surface area contributed by atoms with Crippen LogP contribution < -0.4 is 0 Å². The average molecular weight is 353 g/mol. The first-order valence-electron chi connectivity index (χ1n) is 16.0. The lowest BCUT2D eigenvalue weighted by atomic mass is 12.0. The summed E-state index contributed by atoms with van der Waals surface area (Å²) in [5.74, 6) is 0. The maximum Gasteiger partial charge on any atom is 0.0194 e. The Bertz CT molecular complexity index is 35.7. The minimum atomic E-state index is 0. The van der Waals surface area contributed by atoms with Crippen molar-refractivity contribution in [1.82, 2.24) is 0 Å². The van der Waals surface area contributed by atoms with E-state index in [9.17, 15) is 0 Å². The number of rotatable bonds is 0. The van der Waals surface area contributed by atoms with Gasteiger partial charge in [0, 0.05) is 21.9 Å². The molecule has 0 aromatic carbocycles. The molecule has 0 fully saturated rings. The highest BCUT2D eigenvalue weighted by Crippen LogP contribution is 0.163. The van der Waals surface area contributed by atoms with E-state index in [1.165, 1.54) is 118 Å². The van der Waals surface area contributed by atoms with Gasteiger partial charge in [-0.25, -0.2) is 0 Å². The van der Waals surface area contributed by atoms with Crippen LogP contribution in [-0.2, 0) is 0 Å². The van der Waals surface area contributed by atoms with Crippen LogP contribution in [0.15, 0.2) is 0 Å². The summed E-state index contributed by atoms with van der Waals surface area (Å²) >= 11 is 0. The summed E-state index contributed by atoms with van der Waals surface area (Å²) in [6.07, 6.45) is 0. The lowest BCUT2D eigenvalue weighted by Gasteiger charge is -0.0786. The van der Waals surface area contributed by atoms with Crippen molar-refractivity contribution in [2.24, 2.45) is 0 Å². The van der Waals surface area contributed by atoms with Crippen LogP contribution in [0.1, 0.15) is 170 Å². The summed E-state index contributed by atoms with van der Waals surface area (Å²) in [5, 5.41) is 0. The number of hydrogen-bond donors (Lipinski definition) is 0. The third-order valence-corrected chi connectivity index (χ3v) is 0. The van der Waals surface area contributed by atoms with Gasteiger partial charge in [-0.3, -0.25) is 0 Å². The smallest absolute Gasteiger partial charge is 0.0194 e. The Labute approximate surface area is 171 Å². The summed E-state index contributed by atoms with van der Waals surface area (Å²) < 4.78 is 92.0. The van der Waals surface area contributed by atoms with E-state index in [-0.39, 0.29) is 29.7 Å². The largest absolute Gasteiger partial charge is 0.0776 e. The van der Waals surface area contributed by atoms with Gasteiger partial charge >= 0.3 is 0 Å². The normalized spacial score (nSPS) is 5.60. The average Bonchev–Trinajstić information content (AvgIpc) is 3.05. The molecule has 0 bridgehead atoms. The van der Waals surface area contributed by atoms with Gasteiger partial charge in [-0.2, -0.15) is 0 Å². The second kappa shape index (κ2) is 0. The van der Waals surface area contributed by atoms with Gasteiger partial charge in [0.05, 0.1) is 0 Å². The van der Waals surface area contributed by atoms with E-state index in [4.69, 9.17) is 21.9 Å². The van der Waals surface area contributed by atoms with Crippen molar-refractivity contribution in [3.8, 4) is 0 Å². The molecule has 0 spiro atoms. The lowest BCUT2D eigenvalue weighted by molar-refractivity contribution is 2.50. The molecule has 0 radical (unpaired) electrons. The second-order valence-electron chi connectivity index (χ2n) is 0. The van der Waals surface area contributed by atoms with Crippen molar-refractivity contribution in [3.05, 3.63) is 0 Å². The molecule has 0 saturated carbocycles. The second-order valence-corrected chi connectivity index (χ2v) is 0. The Morgan fingerprint density at radius 2 is 0.150 bits per heavy atom. The van der Waals surface area contributed by atoms with Gasteiger partial charge in [-0.05, 0) is 0 Å². The zero-order valence-corrected chi connectivity index (χ0v) is 16.0. The van der Waals surface area contributed by atoms with E-state index in [1.807, 2.05) is 0 Å². The van der Waals surface area contributed by atoms with Crippen molar-refractivity contribution < 1.29 is 21.9 Å². The van der Waals surface area contributed by atoms with Crippen molar-refractivity contribution >= 4 is 0 Å². The van der Waals surface area contributed by atoms with Crippen molar-refractivity contribution in [2.75, 3.05) is 0 Å². The van der Waals surface area contributed by atoms with Gasteiger partial charge in [-0.15, -0.1) is 0 Å². The predicted molar refractivity (Wildman–Crippen MR) is 135 cm³/mol. The summed E-state index contributed by atoms with van der Waals surface area (Å²) in [6.45, 7) is 0. The lowest BCUT2D eigenvalue weighted by Crippen LogP contribution is 0.143. The van der Waals surface area contributed by atoms with Crippen LogP contribution in [0.2, 0.25) is 0 Å². The van der Waals surface area contributed by atoms with Gasteiger partial charge < -0.3 is 0 Å². The zero-order valence-electron chi connectivity index (χ0n) is 32.0. The summed E-state index contributed by atoms with van der Waals surface area (Å²) in [7, 11) is 20.0. The molecule has 0 amide bonds. The molecular weight excluding hydrogens is 240 g/mol. The van der Waals surface area contributed by atoms with Crippen LogP contribution in [0.3, 0.4) is 0 Å². The van der Waals surface area contributed by atoms with Crippen molar-refractivity contribution in [3.63, 3.8) is 0 Å². The summed E-state index contributed by atoms with van der Waals surface area (Å²) in [4.78, 5) is 0. The fourth-order valence-corrected chi connectivity index (χ4v) is 0. The van der Waals surface area contributed by atoms with E-state index in [0.29, 0.717) is 0 Å². The first kappa shape index (κ1) is 28.2. The summed E-state index contributed by atoms with van der Waals surface area (Å²) in [6, 6.07) is 0. The molecule has 0 saturated heterocycles. The molecule has 0 aromatic rings. The molecule has 0 aliphatic carbocycles. The Morgan fingerprint density at radius 1 is 0.150 bits per heavy atom. The first-order chi connectivity index (χ1) is 16.0. The highest BCUT2D eigenvalue weighted by atomic mass is 12.0. The first-order valence-corrected chi connectivity index (χ1v) is 0. The molecule has 0 aliphatic heterocycles. The maximum atomic E-state index is 5.75. The monoisotopic (exact) mass is 353 g/mol. The Morgan fingerprint density at radius 3 is 0.150 bits per heavy atom. The molecule has 160 valence electrons. The van der Waals surface area contributed by atoms with Gasteiger partial charge in [0.2, 0.25) is 0 Å². The predicted octanol–water partition coefficient (Wildman–Crippen LogP) is 12.7. The molecule has 0 aliphatic rings. The van der Waals surface area contributed by atoms with Gasteiger partial charge in [0.25, 0.3) is 0 Å². The van der Waals surface area contributed by atoms with Crippen LogP contribution in [0, 0.1) is 0 Å². The van der Waals surface area contributed by atoms with E-state index in [2.05, 4.69) is 0 Å². The molecule has 0 aromatic heterocycles. The number of hydrogen-bond acceptors (Lipinski definition) is 0. The topological polar surface area (TPSA) is 0 Å². The van der Waals surface area contributed by atoms with Crippen LogP contribution in [0.25, 0.3) is 0 Å². The molecule has 0 N–H and O–H groups in total. The van der Waals surface area contributed by atoms with Crippen LogP contribution >= 0.6 is 0 Å². The van der Waals surface area contributed by atoms with E-state index in [0.717, 1.165) is 0 Å². The third-order valence-electron chi connectivity index (χ3n) is 0. The summed E-state index contributed by atoms with van der Waals surface area (Å²) in [5.41, 5.74) is 0. The SMILES string of the molecule is C.C.C.C.[3H]C.[3H]C.[3H]C.[3H]C.[3H]C.[3H]C.[3H]C.[3H]C.[3H]C.[3H]C.[3H]C.[3H]C.[3H]C.[3H]C.[3H]C.[3H]C. The van der Waals surface area contributed by atoms with Crippen molar-refractivity contribution in [1.29, 1.82) is 0 Å². The van der Waals surface area contributed by atoms with Gasteiger partial charge in [0.15, 0.2) is 0 Å². The quantitative estimate of drug-likeness (QED) is 0.406. The Balaban J connectivity index is -0.00000000418. The van der Waals surface area contributed by atoms with Crippen molar-refractivity contribution in [2.45, 2.75) is 148 Å². The van der Waals surface area contributed by atoms with E-state index >= 15 is 0 Å². The molecule has 0 unspecified atom stereocenters. The minimum Gasteiger partial charge on any atom is -0.0776 e. The third kappa shape index (κ3) is 0. The fraction of sp³-hybridized carbons (Fsp3) is 1.00. The van der Waals surface area contributed by atoms with Crippen LogP contribution in [-0.4, -0.2) is 0 Å². The molecular formula is C20H80. The Hall–Kier alpha value is 0. The van der Waals surface area contributed by atoms with Crippen LogP contribution in [0.4, 0.5) is 0 Å².